The lowest BCUT2D eigenvalue weighted by Gasteiger charge is -2.27. The van der Waals surface area contributed by atoms with E-state index >= 15 is 0 Å². The van der Waals surface area contributed by atoms with Crippen molar-refractivity contribution in [2.75, 3.05) is 6.61 Å². The van der Waals surface area contributed by atoms with Crippen LogP contribution in [-0.2, 0) is 11.3 Å². The van der Waals surface area contributed by atoms with Crippen LogP contribution in [0, 0.1) is 6.92 Å². The largest absolute Gasteiger partial charge is 0.573 e. The molecule has 3 atom stereocenters. The first-order valence-corrected chi connectivity index (χ1v) is 11.5. The number of alkyl halides is 3. The first-order chi connectivity index (χ1) is 16.2. The predicted molar refractivity (Wildman–Crippen MR) is 118 cm³/mol. The van der Waals surface area contributed by atoms with Crippen LogP contribution < -0.4 is 14.8 Å². The van der Waals surface area contributed by atoms with Crippen molar-refractivity contribution < 1.29 is 37.3 Å². The molecule has 7 nitrogen and oxygen atoms in total. The molecule has 1 saturated carbocycles. The van der Waals surface area contributed by atoms with E-state index in [1.807, 2.05) is 0 Å². The number of carbonyl (C=O) groups excluding carboxylic acids is 1. The number of hydrogen-bond acceptors (Lipinski definition) is 5. The van der Waals surface area contributed by atoms with Crippen molar-refractivity contribution in [2.45, 2.75) is 76.6 Å². The van der Waals surface area contributed by atoms with Gasteiger partial charge in [-0.2, -0.15) is 0 Å². The highest BCUT2D eigenvalue weighted by Gasteiger charge is 2.33. The van der Waals surface area contributed by atoms with E-state index in [4.69, 9.17) is 9.47 Å². The molecular weight excluding hydrogens is 453 g/mol. The van der Waals surface area contributed by atoms with E-state index in [2.05, 4.69) is 10.1 Å². The zero-order valence-corrected chi connectivity index (χ0v) is 18.9. The Morgan fingerprint density at radius 1 is 1.18 bits per heavy atom. The first kappa shape index (κ1) is 24.4. The summed E-state index contributed by atoms with van der Waals surface area (Å²) in [7, 11) is 0. The van der Waals surface area contributed by atoms with E-state index in [1.54, 1.807) is 23.6 Å². The summed E-state index contributed by atoms with van der Waals surface area (Å²) in [5.41, 5.74) is 1.22. The maximum Gasteiger partial charge on any atom is 0.573 e. The number of amides is 1. The van der Waals surface area contributed by atoms with Crippen molar-refractivity contribution in [2.24, 2.45) is 0 Å². The Labute approximate surface area is 195 Å². The molecule has 186 valence electrons. The Bertz CT molecular complexity index is 1000. The quantitative estimate of drug-likeness (QED) is 0.610. The molecule has 2 aromatic rings. The molecule has 34 heavy (non-hydrogen) atoms. The van der Waals surface area contributed by atoms with Crippen molar-refractivity contribution in [3.8, 4) is 22.8 Å². The summed E-state index contributed by atoms with van der Waals surface area (Å²) in [4.78, 5) is 12.6. The Kier molecular flexibility index (Phi) is 7.37. The molecule has 2 aliphatic rings. The highest BCUT2D eigenvalue weighted by Crippen LogP contribution is 2.38. The summed E-state index contributed by atoms with van der Waals surface area (Å²) in [5.74, 6) is -0.125. The topological polar surface area (TPSA) is 82.0 Å². The molecule has 1 aliphatic carbocycles. The summed E-state index contributed by atoms with van der Waals surface area (Å²) in [6.45, 7) is 2.77. The fourth-order valence-electron chi connectivity index (χ4n) is 4.63. The van der Waals surface area contributed by atoms with Crippen molar-refractivity contribution in [3.05, 3.63) is 36.0 Å². The van der Waals surface area contributed by atoms with Gasteiger partial charge in [0.05, 0.1) is 29.6 Å². The molecule has 2 unspecified atom stereocenters. The Morgan fingerprint density at radius 3 is 2.65 bits per heavy atom. The molecule has 1 aromatic heterocycles. The number of benzene rings is 1. The fourth-order valence-corrected chi connectivity index (χ4v) is 4.63. The van der Waals surface area contributed by atoms with Gasteiger partial charge in [0.1, 0.15) is 5.75 Å². The number of carbonyl (C=O) groups is 1. The average molecular weight is 482 g/mol. The SMILES string of the molecule is Cc1c(OC(=O)NC2CCCCC2O)cc(-c2ccccc2OC(F)(F)F)n1C[C@H]1CCCO1. The number of aliphatic hydroxyl groups is 1. The number of rotatable bonds is 6. The second-order valence-corrected chi connectivity index (χ2v) is 8.76. The number of halogens is 3. The van der Waals surface area contributed by atoms with Gasteiger partial charge in [0.25, 0.3) is 0 Å². The average Bonchev–Trinajstić information content (AvgIpc) is 3.39. The third kappa shape index (κ3) is 5.85. The minimum atomic E-state index is -4.85. The number of aliphatic hydroxyl groups excluding tert-OH is 1. The summed E-state index contributed by atoms with van der Waals surface area (Å²) >= 11 is 0. The Morgan fingerprint density at radius 2 is 1.94 bits per heavy atom. The van der Waals surface area contributed by atoms with Crippen molar-refractivity contribution in [1.29, 1.82) is 0 Å². The Hall–Kier alpha value is -2.72. The van der Waals surface area contributed by atoms with E-state index in [0.717, 1.165) is 25.7 Å². The standard InChI is InChI=1S/C24H29F3N2O5/c1-15-22(33-23(31)28-18-9-3-4-10-20(18)30)13-19(29(15)14-16-7-6-12-32-16)17-8-2-5-11-21(17)34-24(25,26)27/h2,5,8,11,13,16,18,20,30H,3-4,6-7,9-10,12,14H2,1H3,(H,28,31)/t16-,18?,20?/m1/s1. The fraction of sp³-hybridized carbons (Fsp3) is 0.542. The molecule has 1 aliphatic heterocycles. The molecule has 0 radical (unpaired) electrons. The van der Waals surface area contributed by atoms with Gasteiger partial charge >= 0.3 is 12.5 Å². The number of ether oxygens (including phenoxy) is 3. The normalized spacial score (nSPS) is 23.0. The van der Waals surface area contributed by atoms with E-state index in [-0.39, 0.29) is 23.2 Å². The summed E-state index contributed by atoms with van der Waals surface area (Å²) < 4.78 is 56.4. The van der Waals surface area contributed by atoms with Gasteiger partial charge in [-0.1, -0.05) is 25.0 Å². The molecule has 0 bridgehead atoms. The first-order valence-electron chi connectivity index (χ1n) is 11.5. The maximum absolute atomic E-state index is 13.0. The number of hydrogen-bond donors (Lipinski definition) is 2. The molecule has 4 rings (SSSR count). The third-order valence-corrected chi connectivity index (χ3v) is 6.35. The van der Waals surface area contributed by atoms with E-state index in [0.29, 0.717) is 37.4 Å². The van der Waals surface area contributed by atoms with Crippen molar-refractivity contribution >= 4 is 6.09 Å². The van der Waals surface area contributed by atoms with Crippen molar-refractivity contribution in [3.63, 3.8) is 0 Å². The van der Waals surface area contributed by atoms with Crippen LogP contribution in [0.5, 0.6) is 11.5 Å². The number of nitrogens with one attached hydrogen (secondary N) is 1. The molecule has 1 saturated heterocycles. The van der Waals surface area contributed by atoms with Crippen LogP contribution in [0.25, 0.3) is 11.3 Å². The van der Waals surface area contributed by atoms with Crippen molar-refractivity contribution in [1.82, 2.24) is 9.88 Å². The van der Waals surface area contributed by atoms with Crippen LogP contribution >= 0.6 is 0 Å². The van der Waals surface area contributed by atoms with Gasteiger partial charge in [0, 0.05) is 24.8 Å². The van der Waals surface area contributed by atoms with E-state index in [9.17, 15) is 23.1 Å². The second-order valence-electron chi connectivity index (χ2n) is 8.76. The van der Waals surface area contributed by atoms with Crippen LogP contribution in [0.2, 0.25) is 0 Å². The van der Waals surface area contributed by atoms with Crippen LogP contribution in [0.1, 0.15) is 44.2 Å². The van der Waals surface area contributed by atoms with Crippen LogP contribution in [0.15, 0.2) is 30.3 Å². The molecule has 1 amide bonds. The number of nitrogens with zero attached hydrogens (tertiary/aromatic N) is 1. The molecule has 10 heteroatoms. The van der Waals surface area contributed by atoms with Crippen LogP contribution in [0.3, 0.4) is 0 Å². The third-order valence-electron chi connectivity index (χ3n) is 6.35. The van der Waals surface area contributed by atoms with E-state index < -0.39 is 24.6 Å². The molecule has 2 fully saturated rings. The van der Waals surface area contributed by atoms with Gasteiger partial charge in [-0.05, 0) is 44.7 Å². The lowest BCUT2D eigenvalue weighted by atomic mass is 9.93. The zero-order chi connectivity index (χ0) is 24.3. The van der Waals surface area contributed by atoms with Gasteiger partial charge in [-0.15, -0.1) is 13.2 Å². The van der Waals surface area contributed by atoms with Gasteiger partial charge in [0.15, 0.2) is 5.75 Å². The monoisotopic (exact) mass is 482 g/mol. The smallest absolute Gasteiger partial charge is 0.408 e. The predicted octanol–water partition coefficient (Wildman–Crippen LogP) is 4.93. The van der Waals surface area contributed by atoms with Gasteiger partial charge in [-0.25, -0.2) is 4.79 Å². The molecule has 2 heterocycles. The number of para-hydroxylation sites is 1. The molecule has 2 N–H and O–H groups in total. The highest BCUT2D eigenvalue weighted by molar-refractivity contribution is 5.75. The number of aromatic nitrogens is 1. The van der Waals surface area contributed by atoms with Gasteiger partial charge in [0.2, 0.25) is 0 Å². The Balaban J connectivity index is 1.63. The minimum absolute atomic E-state index is 0.0976. The van der Waals surface area contributed by atoms with Crippen LogP contribution in [0.4, 0.5) is 18.0 Å². The molecule has 0 spiro atoms. The highest BCUT2D eigenvalue weighted by atomic mass is 19.4. The van der Waals surface area contributed by atoms with Gasteiger partial charge in [-0.3, -0.25) is 0 Å². The van der Waals surface area contributed by atoms with Crippen LogP contribution in [-0.4, -0.2) is 47.0 Å². The van der Waals surface area contributed by atoms with E-state index in [1.165, 1.54) is 18.2 Å². The molecular formula is C24H29F3N2O5. The van der Waals surface area contributed by atoms with Gasteiger partial charge < -0.3 is 29.2 Å². The second kappa shape index (κ2) is 10.3. The summed E-state index contributed by atoms with van der Waals surface area (Å²) in [5, 5.41) is 12.8. The molecule has 1 aromatic carbocycles. The maximum atomic E-state index is 13.0. The zero-order valence-electron chi connectivity index (χ0n) is 18.9. The minimum Gasteiger partial charge on any atom is -0.408 e. The lowest BCUT2D eigenvalue weighted by Crippen LogP contribution is -2.46. The lowest BCUT2D eigenvalue weighted by molar-refractivity contribution is -0.274. The summed E-state index contributed by atoms with van der Waals surface area (Å²) in [6, 6.07) is 7.01. The summed E-state index contributed by atoms with van der Waals surface area (Å²) in [6.07, 6.45) is -1.48.